The molecule has 10 N–H and O–H groups in total. The molecule has 6 nitrogen and oxygen atoms in total. The highest BCUT2D eigenvalue weighted by molar-refractivity contribution is 5.62. The highest BCUT2D eigenvalue weighted by Crippen LogP contribution is 2.40. The van der Waals surface area contributed by atoms with Gasteiger partial charge in [0.15, 0.2) is 0 Å². The summed E-state index contributed by atoms with van der Waals surface area (Å²) in [6.07, 6.45) is 15.4. The first kappa shape index (κ1) is 28.9. The van der Waals surface area contributed by atoms with Gasteiger partial charge in [-0.25, -0.2) is 0 Å². The average Bonchev–Trinajstić information content (AvgIpc) is 3.03. The third-order valence-electron chi connectivity index (χ3n) is 8.50. The number of nitrogen functional groups attached to an aromatic ring is 2. The monoisotopic (exact) mass is 580 g/mol. The van der Waals surface area contributed by atoms with Crippen LogP contribution in [-0.4, -0.2) is 12.1 Å². The molecule has 0 saturated heterocycles. The predicted molar refractivity (Wildman–Crippen MR) is 186 cm³/mol. The lowest BCUT2D eigenvalue weighted by Gasteiger charge is -2.39. The third-order valence-corrected chi connectivity index (χ3v) is 8.50. The molecule has 0 saturated carbocycles. The molecule has 3 unspecified atom stereocenters. The topological polar surface area (TPSA) is 128 Å². The Balaban J connectivity index is 1.14. The third kappa shape index (κ3) is 6.72. The molecule has 0 amide bonds. The van der Waals surface area contributed by atoms with Crippen LogP contribution >= 0.6 is 0 Å². The van der Waals surface area contributed by atoms with Crippen molar-refractivity contribution in [3.8, 4) is 0 Å². The Kier molecular flexibility index (Phi) is 8.26. The number of rotatable bonds is 9. The van der Waals surface area contributed by atoms with Gasteiger partial charge in [-0.05, 0) is 109 Å². The smallest absolute Gasteiger partial charge is 0.0482 e. The second-order valence-corrected chi connectivity index (χ2v) is 11.8. The van der Waals surface area contributed by atoms with Gasteiger partial charge in [0.2, 0.25) is 0 Å². The van der Waals surface area contributed by atoms with Crippen molar-refractivity contribution in [2.24, 2.45) is 11.5 Å². The van der Waals surface area contributed by atoms with Crippen LogP contribution in [0.25, 0.3) is 0 Å². The molecule has 0 heterocycles. The van der Waals surface area contributed by atoms with E-state index in [0.29, 0.717) is 0 Å². The molecule has 6 heteroatoms. The van der Waals surface area contributed by atoms with E-state index in [1.807, 2.05) is 60.7 Å². The zero-order valence-electron chi connectivity index (χ0n) is 24.8. The molecular weight excluding hydrogens is 540 g/mol. The second-order valence-electron chi connectivity index (χ2n) is 11.8. The zero-order valence-corrected chi connectivity index (χ0v) is 24.8. The minimum atomic E-state index is -0.430. The van der Waals surface area contributed by atoms with Gasteiger partial charge < -0.3 is 33.6 Å². The average molecular weight is 581 g/mol. The van der Waals surface area contributed by atoms with Gasteiger partial charge in [0.1, 0.15) is 0 Å². The molecule has 3 atom stereocenters. The first-order valence-corrected chi connectivity index (χ1v) is 15.1. The molecule has 2 aliphatic carbocycles. The number of anilines is 5. The van der Waals surface area contributed by atoms with E-state index in [1.165, 1.54) is 22.3 Å². The standard InChI is InChI=1S/C38H40N6/c39-30-9-18-35(19-10-30)43-33-14-3-27(4-15-33)23-26-1-7-29(8-2-26)38(25-32(41)13-22-37(38)42)24-28-5-16-34(17-6-28)44-36-20-11-31(40)12-21-36/h1-16,18-22,25,34,37,43-44H,17,23-24,39-42H2. The lowest BCUT2D eigenvalue weighted by molar-refractivity contribution is 0.465. The van der Waals surface area contributed by atoms with Crippen molar-refractivity contribution < 1.29 is 0 Å². The summed E-state index contributed by atoms with van der Waals surface area (Å²) in [6, 6.07) is 33.0. The minimum Gasteiger partial charge on any atom is -0.399 e. The Morgan fingerprint density at radius 2 is 1.23 bits per heavy atom. The maximum atomic E-state index is 6.83. The van der Waals surface area contributed by atoms with E-state index in [1.54, 1.807) is 0 Å². The number of benzene rings is 4. The normalized spacial score (nSPS) is 20.9. The fourth-order valence-corrected chi connectivity index (χ4v) is 6.02. The molecule has 4 aromatic carbocycles. The first-order valence-electron chi connectivity index (χ1n) is 15.1. The van der Waals surface area contributed by atoms with Crippen LogP contribution in [0.1, 0.15) is 29.5 Å². The number of nitrogens with two attached hydrogens (primary N) is 4. The van der Waals surface area contributed by atoms with E-state index in [4.69, 9.17) is 22.9 Å². The largest absolute Gasteiger partial charge is 0.399 e. The molecule has 4 aromatic rings. The molecule has 222 valence electrons. The molecule has 0 radical (unpaired) electrons. The summed E-state index contributed by atoms with van der Waals surface area (Å²) < 4.78 is 0. The van der Waals surface area contributed by atoms with E-state index in [-0.39, 0.29) is 12.1 Å². The van der Waals surface area contributed by atoms with Crippen molar-refractivity contribution in [1.29, 1.82) is 0 Å². The van der Waals surface area contributed by atoms with E-state index < -0.39 is 5.41 Å². The molecule has 44 heavy (non-hydrogen) atoms. The fraction of sp³-hybridized carbons (Fsp3) is 0.158. The zero-order chi connectivity index (χ0) is 30.5. The predicted octanol–water partition coefficient (Wildman–Crippen LogP) is 6.92. The summed E-state index contributed by atoms with van der Waals surface area (Å²) in [5, 5.41) is 6.99. The maximum absolute atomic E-state index is 6.83. The van der Waals surface area contributed by atoms with Gasteiger partial charge in [-0.1, -0.05) is 66.3 Å². The molecule has 2 aliphatic rings. The Hall–Kier alpha value is -5.20. The fourth-order valence-electron chi connectivity index (χ4n) is 6.02. The summed E-state index contributed by atoms with van der Waals surface area (Å²) in [6.45, 7) is 0. The lowest BCUT2D eigenvalue weighted by atomic mass is 9.67. The van der Waals surface area contributed by atoms with E-state index in [9.17, 15) is 0 Å². The Bertz CT molecular complexity index is 1700. The van der Waals surface area contributed by atoms with Crippen molar-refractivity contribution >= 4 is 28.4 Å². The van der Waals surface area contributed by atoms with Crippen LogP contribution in [0, 0.1) is 0 Å². The van der Waals surface area contributed by atoms with E-state index in [2.05, 4.69) is 83.5 Å². The Morgan fingerprint density at radius 1 is 0.659 bits per heavy atom. The van der Waals surface area contributed by atoms with Crippen molar-refractivity contribution in [2.75, 3.05) is 22.1 Å². The molecule has 6 rings (SSSR count). The SMILES string of the molecule is NC1=CC(CC2=CCC(Nc3ccc(N)cc3)C=C2)(c2ccc(Cc3ccc(Nc4ccc(N)cc4)cc3)cc2)C(N)C=C1. The number of nitrogens with one attached hydrogen (secondary N) is 2. The van der Waals surface area contributed by atoms with Gasteiger partial charge in [-0.2, -0.15) is 0 Å². The molecule has 0 spiro atoms. The number of hydrogen-bond donors (Lipinski definition) is 6. The van der Waals surface area contributed by atoms with Crippen LogP contribution in [0.15, 0.2) is 145 Å². The van der Waals surface area contributed by atoms with Crippen LogP contribution in [0.5, 0.6) is 0 Å². The van der Waals surface area contributed by atoms with Gasteiger partial charge in [-0.3, -0.25) is 0 Å². The van der Waals surface area contributed by atoms with Gasteiger partial charge in [0.05, 0.1) is 0 Å². The maximum Gasteiger partial charge on any atom is 0.0482 e. The van der Waals surface area contributed by atoms with Crippen LogP contribution in [-0.2, 0) is 11.8 Å². The minimum absolute atomic E-state index is 0.193. The molecular formula is C38H40N6. The van der Waals surface area contributed by atoms with E-state index in [0.717, 1.165) is 53.4 Å². The van der Waals surface area contributed by atoms with Gasteiger partial charge in [-0.15, -0.1) is 0 Å². The van der Waals surface area contributed by atoms with E-state index >= 15 is 0 Å². The van der Waals surface area contributed by atoms with Crippen LogP contribution in [0.4, 0.5) is 28.4 Å². The van der Waals surface area contributed by atoms with Crippen LogP contribution in [0.3, 0.4) is 0 Å². The molecule has 0 bridgehead atoms. The highest BCUT2D eigenvalue weighted by Gasteiger charge is 2.38. The van der Waals surface area contributed by atoms with Crippen molar-refractivity contribution in [2.45, 2.75) is 36.8 Å². The molecule has 0 aromatic heterocycles. The highest BCUT2D eigenvalue weighted by atomic mass is 14.9. The van der Waals surface area contributed by atoms with Crippen molar-refractivity contribution in [3.05, 3.63) is 161 Å². The lowest BCUT2D eigenvalue weighted by Crippen LogP contribution is -2.45. The number of allylic oxidation sites excluding steroid dienone is 3. The summed E-state index contributed by atoms with van der Waals surface area (Å²) in [5.74, 6) is 0. The summed E-state index contributed by atoms with van der Waals surface area (Å²) >= 11 is 0. The van der Waals surface area contributed by atoms with Gasteiger partial charge >= 0.3 is 0 Å². The van der Waals surface area contributed by atoms with Crippen LogP contribution in [0.2, 0.25) is 0 Å². The van der Waals surface area contributed by atoms with Crippen molar-refractivity contribution in [3.63, 3.8) is 0 Å². The number of hydrogen-bond acceptors (Lipinski definition) is 6. The summed E-state index contributed by atoms with van der Waals surface area (Å²) in [5.41, 5.74) is 34.7. The summed E-state index contributed by atoms with van der Waals surface area (Å²) in [7, 11) is 0. The Labute approximate surface area is 259 Å². The molecule has 0 fully saturated rings. The van der Waals surface area contributed by atoms with Gasteiger partial charge in [0, 0.05) is 51.6 Å². The van der Waals surface area contributed by atoms with Gasteiger partial charge in [0.25, 0.3) is 0 Å². The second kappa shape index (κ2) is 12.6. The summed E-state index contributed by atoms with van der Waals surface area (Å²) in [4.78, 5) is 0. The van der Waals surface area contributed by atoms with Crippen molar-refractivity contribution in [1.82, 2.24) is 0 Å². The molecule has 0 aliphatic heterocycles. The quantitative estimate of drug-likeness (QED) is 0.119. The Morgan fingerprint density at radius 3 is 1.82 bits per heavy atom. The van der Waals surface area contributed by atoms with Crippen LogP contribution < -0.4 is 33.6 Å². The first-order chi connectivity index (χ1) is 21.3.